The number of nitrogens with one attached hydrogen (secondary N) is 1. The van der Waals surface area contributed by atoms with Crippen molar-refractivity contribution >= 4 is 21.5 Å². The van der Waals surface area contributed by atoms with Crippen LogP contribution in [0.4, 0.5) is 5.69 Å². The largest absolute Gasteiger partial charge is 0.491 e. The van der Waals surface area contributed by atoms with E-state index in [9.17, 15) is 13.2 Å². The van der Waals surface area contributed by atoms with Gasteiger partial charge in [0, 0.05) is 5.56 Å². The van der Waals surface area contributed by atoms with Gasteiger partial charge in [-0.1, -0.05) is 6.92 Å². The average molecular weight is 271 g/mol. The van der Waals surface area contributed by atoms with Gasteiger partial charge in [-0.3, -0.25) is 9.52 Å². The maximum atomic E-state index is 11.3. The average Bonchev–Trinajstić information content (AvgIpc) is 2.25. The first-order valence-electron chi connectivity index (χ1n) is 5.59. The molecule has 0 saturated carbocycles. The SMILES string of the molecule is CCCOc1ccc(C(C)=O)cc1NS(C)(=O)=O. The van der Waals surface area contributed by atoms with Crippen molar-refractivity contribution in [2.24, 2.45) is 0 Å². The summed E-state index contributed by atoms with van der Waals surface area (Å²) in [4.78, 5) is 11.3. The molecule has 1 N–H and O–H groups in total. The second kappa shape index (κ2) is 5.86. The number of hydrogen-bond donors (Lipinski definition) is 1. The van der Waals surface area contributed by atoms with Gasteiger partial charge in [0.15, 0.2) is 5.78 Å². The molecule has 1 rings (SSSR count). The third-order valence-electron chi connectivity index (χ3n) is 2.14. The van der Waals surface area contributed by atoms with Crippen molar-refractivity contribution in [3.05, 3.63) is 23.8 Å². The maximum absolute atomic E-state index is 11.3. The van der Waals surface area contributed by atoms with Crippen LogP contribution < -0.4 is 9.46 Å². The number of carbonyl (C=O) groups excluding carboxylic acids is 1. The van der Waals surface area contributed by atoms with Gasteiger partial charge in [-0.15, -0.1) is 0 Å². The monoisotopic (exact) mass is 271 g/mol. The molecular weight excluding hydrogens is 254 g/mol. The van der Waals surface area contributed by atoms with E-state index in [0.29, 0.717) is 23.6 Å². The Morgan fingerprint density at radius 2 is 2.06 bits per heavy atom. The lowest BCUT2D eigenvalue weighted by molar-refractivity contribution is 0.101. The van der Waals surface area contributed by atoms with Gasteiger partial charge in [-0.2, -0.15) is 0 Å². The number of anilines is 1. The number of carbonyl (C=O) groups is 1. The fraction of sp³-hybridized carbons (Fsp3) is 0.417. The van der Waals surface area contributed by atoms with Gasteiger partial charge in [-0.05, 0) is 31.5 Å². The summed E-state index contributed by atoms with van der Waals surface area (Å²) in [5, 5.41) is 0. The predicted molar refractivity (Wildman–Crippen MR) is 70.7 cm³/mol. The highest BCUT2D eigenvalue weighted by atomic mass is 32.2. The smallest absolute Gasteiger partial charge is 0.229 e. The zero-order valence-electron chi connectivity index (χ0n) is 10.7. The molecule has 0 radical (unpaired) electrons. The molecule has 0 bridgehead atoms. The van der Waals surface area contributed by atoms with Crippen molar-refractivity contribution < 1.29 is 17.9 Å². The zero-order valence-corrected chi connectivity index (χ0v) is 11.5. The van der Waals surface area contributed by atoms with Crippen LogP contribution in [-0.4, -0.2) is 27.1 Å². The molecule has 0 heterocycles. The van der Waals surface area contributed by atoms with E-state index in [0.717, 1.165) is 12.7 Å². The Balaban J connectivity index is 3.13. The highest BCUT2D eigenvalue weighted by molar-refractivity contribution is 7.92. The minimum Gasteiger partial charge on any atom is -0.491 e. The first-order chi connectivity index (χ1) is 8.33. The van der Waals surface area contributed by atoms with Gasteiger partial charge in [0.05, 0.1) is 18.6 Å². The van der Waals surface area contributed by atoms with Crippen molar-refractivity contribution in [1.29, 1.82) is 0 Å². The number of Topliss-reactive ketones (excluding diaryl/α,β-unsaturated/α-hetero) is 1. The summed E-state index contributed by atoms with van der Waals surface area (Å²) in [7, 11) is -3.41. The van der Waals surface area contributed by atoms with Crippen molar-refractivity contribution in [2.75, 3.05) is 17.6 Å². The van der Waals surface area contributed by atoms with E-state index in [1.807, 2.05) is 6.92 Å². The molecule has 100 valence electrons. The molecule has 0 unspecified atom stereocenters. The molecule has 0 aliphatic carbocycles. The Morgan fingerprint density at radius 1 is 1.39 bits per heavy atom. The van der Waals surface area contributed by atoms with Gasteiger partial charge in [0.1, 0.15) is 5.75 Å². The van der Waals surface area contributed by atoms with Gasteiger partial charge < -0.3 is 4.74 Å². The number of hydrogen-bond acceptors (Lipinski definition) is 4. The number of rotatable bonds is 6. The molecule has 0 fully saturated rings. The van der Waals surface area contributed by atoms with E-state index < -0.39 is 10.0 Å². The van der Waals surface area contributed by atoms with Crippen molar-refractivity contribution in [2.45, 2.75) is 20.3 Å². The van der Waals surface area contributed by atoms with Gasteiger partial charge >= 0.3 is 0 Å². The molecule has 0 saturated heterocycles. The Morgan fingerprint density at radius 3 is 2.56 bits per heavy atom. The molecule has 0 amide bonds. The number of ketones is 1. The third kappa shape index (κ3) is 4.37. The maximum Gasteiger partial charge on any atom is 0.229 e. The van der Waals surface area contributed by atoms with Crippen molar-refractivity contribution in [3.63, 3.8) is 0 Å². The summed E-state index contributed by atoms with van der Waals surface area (Å²) < 4.78 is 30.3. The summed E-state index contributed by atoms with van der Waals surface area (Å²) in [5.74, 6) is 0.292. The van der Waals surface area contributed by atoms with E-state index >= 15 is 0 Å². The van der Waals surface area contributed by atoms with Crippen molar-refractivity contribution in [3.8, 4) is 5.75 Å². The van der Waals surface area contributed by atoms with E-state index in [2.05, 4.69) is 4.72 Å². The van der Waals surface area contributed by atoms with Gasteiger partial charge in [0.25, 0.3) is 0 Å². The van der Waals surface area contributed by atoms with E-state index in [-0.39, 0.29) is 5.78 Å². The quantitative estimate of drug-likeness (QED) is 0.804. The molecule has 5 nitrogen and oxygen atoms in total. The molecule has 18 heavy (non-hydrogen) atoms. The first kappa shape index (κ1) is 14.5. The number of benzene rings is 1. The van der Waals surface area contributed by atoms with Crippen molar-refractivity contribution in [1.82, 2.24) is 0 Å². The molecule has 1 aromatic rings. The minimum absolute atomic E-state index is 0.131. The van der Waals surface area contributed by atoms with E-state index in [4.69, 9.17) is 4.74 Å². The molecular formula is C12H17NO4S. The molecule has 1 aromatic carbocycles. The molecule has 0 atom stereocenters. The van der Waals surface area contributed by atoms with E-state index in [1.54, 1.807) is 12.1 Å². The molecule has 0 aliphatic rings. The normalized spacial score (nSPS) is 11.1. The molecule has 0 aromatic heterocycles. The number of ether oxygens (including phenoxy) is 1. The molecule has 0 spiro atoms. The third-order valence-corrected chi connectivity index (χ3v) is 2.73. The predicted octanol–water partition coefficient (Wildman–Crippen LogP) is 2.05. The van der Waals surface area contributed by atoms with Crippen LogP contribution in [0.5, 0.6) is 5.75 Å². The van der Waals surface area contributed by atoms with Crippen LogP contribution in [0.2, 0.25) is 0 Å². The fourth-order valence-electron chi connectivity index (χ4n) is 1.37. The fourth-order valence-corrected chi connectivity index (χ4v) is 1.93. The topological polar surface area (TPSA) is 72.5 Å². The molecule has 0 aliphatic heterocycles. The van der Waals surface area contributed by atoms with E-state index in [1.165, 1.54) is 13.0 Å². The second-order valence-electron chi connectivity index (χ2n) is 3.99. The summed E-state index contributed by atoms with van der Waals surface area (Å²) in [5.41, 5.74) is 0.726. The summed E-state index contributed by atoms with van der Waals surface area (Å²) in [6, 6.07) is 4.69. The summed E-state index contributed by atoms with van der Waals surface area (Å²) in [6.45, 7) is 3.86. The lowest BCUT2D eigenvalue weighted by atomic mass is 10.1. The Kier molecular flexibility index (Phi) is 4.72. The first-order valence-corrected chi connectivity index (χ1v) is 7.48. The lowest BCUT2D eigenvalue weighted by Crippen LogP contribution is -2.12. The zero-order chi connectivity index (χ0) is 13.8. The Hall–Kier alpha value is -1.56. The highest BCUT2D eigenvalue weighted by Crippen LogP contribution is 2.27. The van der Waals surface area contributed by atoms with Gasteiger partial charge in [0.2, 0.25) is 10.0 Å². The van der Waals surface area contributed by atoms with Crippen LogP contribution in [0.3, 0.4) is 0 Å². The van der Waals surface area contributed by atoms with Crippen LogP contribution in [-0.2, 0) is 10.0 Å². The Bertz CT molecular complexity index is 537. The van der Waals surface area contributed by atoms with Crippen LogP contribution in [0.25, 0.3) is 0 Å². The van der Waals surface area contributed by atoms with Gasteiger partial charge in [-0.25, -0.2) is 8.42 Å². The van der Waals surface area contributed by atoms with Crippen LogP contribution >= 0.6 is 0 Å². The highest BCUT2D eigenvalue weighted by Gasteiger charge is 2.11. The number of sulfonamides is 1. The Labute approximate surface area is 107 Å². The minimum atomic E-state index is -3.41. The lowest BCUT2D eigenvalue weighted by Gasteiger charge is -2.12. The standard InChI is InChI=1S/C12H17NO4S/c1-4-7-17-12-6-5-10(9(2)14)8-11(12)13-18(3,15)16/h5-6,8,13H,4,7H2,1-3H3. The summed E-state index contributed by atoms with van der Waals surface area (Å²) in [6.07, 6.45) is 1.86. The van der Waals surface area contributed by atoms with Crippen LogP contribution in [0, 0.1) is 0 Å². The summed E-state index contributed by atoms with van der Waals surface area (Å²) >= 11 is 0. The second-order valence-corrected chi connectivity index (χ2v) is 5.74. The van der Waals surface area contributed by atoms with Crippen LogP contribution in [0.15, 0.2) is 18.2 Å². The van der Waals surface area contributed by atoms with Crippen LogP contribution in [0.1, 0.15) is 30.6 Å². The molecule has 6 heteroatoms.